The smallest absolute Gasteiger partial charge is 0.416 e. The van der Waals surface area contributed by atoms with E-state index in [9.17, 15) is 27.6 Å². The van der Waals surface area contributed by atoms with E-state index < -0.39 is 29.6 Å². The fourth-order valence-corrected chi connectivity index (χ4v) is 3.27. The molecule has 4 amide bonds. The molecule has 0 aliphatic carbocycles. The summed E-state index contributed by atoms with van der Waals surface area (Å²) in [5, 5.41) is 2.11. The molecule has 0 bridgehead atoms. The Morgan fingerprint density at radius 2 is 1.72 bits per heavy atom. The van der Waals surface area contributed by atoms with E-state index in [0.717, 1.165) is 23.1 Å². The number of alkyl halides is 3. The second-order valence-electron chi connectivity index (χ2n) is 7.02. The number of hydrogen-bond acceptors (Lipinski definition) is 4. The van der Waals surface area contributed by atoms with Crippen molar-refractivity contribution in [1.82, 2.24) is 5.32 Å². The average molecular weight is 440 g/mol. The molecule has 32 heavy (non-hydrogen) atoms. The third-order valence-electron chi connectivity index (χ3n) is 4.85. The highest BCUT2D eigenvalue weighted by Crippen LogP contribution is 2.33. The first-order valence-corrected chi connectivity index (χ1v) is 9.40. The van der Waals surface area contributed by atoms with Crippen LogP contribution in [0.15, 0.2) is 70.7 Å². The Bertz CT molecular complexity index is 1270. The van der Waals surface area contributed by atoms with Crippen molar-refractivity contribution in [2.75, 3.05) is 4.90 Å². The van der Waals surface area contributed by atoms with Crippen LogP contribution in [0, 0.1) is 6.92 Å². The largest absolute Gasteiger partial charge is 0.457 e. The topological polar surface area (TPSA) is 79.6 Å². The molecule has 1 aliphatic heterocycles. The number of benzene rings is 2. The molecule has 1 N–H and O–H groups in total. The Hall–Kier alpha value is -4.14. The van der Waals surface area contributed by atoms with E-state index in [1.165, 1.54) is 24.3 Å². The van der Waals surface area contributed by atoms with Crippen LogP contribution < -0.4 is 10.2 Å². The molecule has 0 atom stereocenters. The molecule has 1 aliphatic rings. The number of anilines is 1. The summed E-state index contributed by atoms with van der Waals surface area (Å²) in [7, 11) is 0. The zero-order chi connectivity index (χ0) is 23.0. The summed E-state index contributed by atoms with van der Waals surface area (Å²) < 4.78 is 44.4. The lowest BCUT2D eigenvalue weighted by Gasteiger charge is -2.27. The number of halogens is 3. The summed E-state index contributed by atoms with van der Waals surface area (Å²) >= 11 is 0. The summed E-state index contributed by atoms with van der Waals surface area (Å²) in [5.41, 5.74) is -0.0361. The second-order valence-corrected chi connectivity index (χ2v) is 7.02. The maximum Gasteiger partial charge on any atom is 0.416 e. The quantitative estimate of drug-likeness (QED) is 0.462. The summed E-state index contributed by atoms with van der Waals surface area (Å²) in [6.45, 7) is 1.71. The number of nitrogens with zero attached hydrogens (tertiary/aromatic N) is 1. The lowest BCUT2D eigenvalue weighted by atomic mass is 10.1. The first-order chi connectivity index (χ1) is 15.1. The lowest BCUT2D eigenvalue weighted by molar-refractivity contribution is -0.137. The molecule has 4 rings (SSSR count). The van der Waals surface area contributed by atoms with Gasteiger partial charge in [-0.15, -0.1) is 0 Å². The third-order valence-corrected chi connectivity index (χ3v) is 4.85. The maximum absolute atomic E-state index is 13.0. The van der Waals surface area contributed by atoms with E-state index in [4.69, 9.17) is 4.42 Å². The van der Waals surface area contributed by atoms with Crippen LogP contribution in [0.2, 0.25) is 0 Å². The molecule has 0 radical (unpaired) electrons. The van der Waals surface area contributed by atoms with Crippen molar-refractivity contribution < 1.29 is 32.0 Å². The number of hydrogen-bond donors (Lipinski definition) is 1. The molecule has 6 nitrogen and oxygen atoms in total. The van der Waals surface area contributed by atoms with Gasteiger partial charge in [-0.25, -0.2) is 9.69 Å². The van der Waals surface area contributed by atoms with Crippen LogP contribution in [0.5, 0.6) is 0 Å². The predicted octanol–water partition coefficient (Wildman–Crippen LogP) is 4.94. The molecule has 1 aromatic heterocycles. The van der Waals surface area contributed by atoms with Crippen LogP contribution >= 0.6 is 0 Å². The molecule has 2 aromatic carbocycles. The normalized spacial score (nSPS) is 15.9. The van der Waals surface area contributed by atoms with Gasteiger partial charge in [-0.05, 0) is 48.9 Å². The Morgan fingerprint density at radius 1 is 0.969 bits per heavy atom. The number of para-hydroxylation sites is 1. The summed E-state index contributed by atoms with van der Waals surface area (Å²) in [6, 6.07) is 13.2. The van der Waals surface area contributed by atoms with Crippen molar-refractivity contribution in [3.8, 4) is 11.3 Å². The minimum atomic E-state index is -4.51. The fraction of sp³-hybridized carbons (Fsp3) is 0.0870. The van der Waals surface area contributed by atoms with Gasteiger partial charge < -0.3 is 4.42 Å². The van der Waals surface area contributed by atoms with Gasteiger partial charge in [0.25, 0.3) is 11.8 Å². The minimum Gasteiger partial charge on any atom is -0.457 e. The van der Waals surface area contributed by atoms with E-state index in [0.29, 0.717) is 11.3 Å². The van der Waals surface area contributed by atoms with Gasteiger partial charge >= 0.3 is 12.2 Å². The van der Waals surface area contributed by atoms with Gasteiger partial charge in [-0.2, -0.15) is 13.2 Å². The number of rotatable bonds is 3. The number of barbiturate groups is 1. The Labute approximate surface area is 179 Å². The van der Waals surface area contributed by atoms with Gasteiger partial charge in [0.15, 0.2) is 0 Å². The number of urea groups is 1. The zero-order valence-electron chi connectivity index (χ0n) is 16.6. The fourth-order valence-electron chi connectivity index (χ4n) is 3.27. The lowest BCUT2D eigenvalue weighted by Crippen LogP contribution is -2.54. The number of amides is 4. The molecule has 0 saturated carbocycles. The number of furan rings is 1. The average Bonchev–Trinajstić information content (AvgIpc) is 3.21. The van der Waals surface area contributed by atoms with E-state index in [1.54, 1.807) is 31.2 Å². The van der Waals surface area contributed by atoms with Crippen LogP contribution in [0.1, 0.15) is 16.9 Å². The summed E-state index contributed by atoms with van der Waals surface area (Å²) in [6.07, 6.45) is -3.36. The van der Waals surface area contributed by atoms with Crippen molar-refractivity contribution in [3.63, 3.8) is 0 Å². The number of carbonyl (C=O) groups excluding carboxylic acids is 3. The Kier molecular flexibility index (Phi) is 5.17. The van der Waals surface area contributed by atoms with Crippen LogP contribution in [0.4, 0.5) is 23.7 Å². The summed E-state index contributed by atoms with van der Waals surface area (Å²) in [5.74, 6) is -1.56. The number of aryl methyl sites for hydroxylation is 1. The van der Waals surface area contributed by atoms with Gasteiger partial charge in [0.2, 0.25) is 0 Å². The molecule has 0 unspecified atom stereocenters. The second kappa shape index (κ2) is 7.84. The highest BCUT2D eigenvalue weighted by molar-refractivity contribution is 6.39. The third kappa shape index (κ3) is 3.92. The van der Waals surface area contributed by atoms with Gasteiger partial charge in [0.05, 0.1) is 11.3 Å². The highest BCUT2D eigenvalue weighted by atomic mass is 19.4. The Morgan fingerprint density at radius 3 is 2.44 bits per heavy atom. The molecule has 1 fully saturated rings. The van der Waals surface area contributed by atoms with Gasteiger partial charge in [0.1, 0.15) is 17.1 Å². The van der Waals surface area contributed by atoms with Gasteiger partial charge in [0, 0.05) is 5.56 Å². The van der Waals surface area contributed by atoms with Crippen molar-refractivity contribution in [2.24, 2.45) is 0 Å². The SMILES string of the molecule is Cc1ccccc1N1C(=O)NC(=O)/C(=C\c2ccc(-c3cccc(C(F)(F)F)c3)o2)C1=O. The molecule has 3 aromatic rings. The predicted molar refractivity (Wildman–Crippen MR) is 109 cm³/mol. The van der Waals surface area contributed by atoms with E-state index in [1.807, 2.05) is 0 Å². The Balaban J connectivity index is 1.68. The molecule has 0 spiro atoms. The number of nitrogens with one attached hydrogen (secondary N) is 1. The first kappa shape index (κ1) is 21.1. The van der Waals surface area contributed by atoms with Crippen LogP contribution in [-0.4, -0.2) is 17.8 Å². The van der Waals surface area contributed by atoms with Crippen molar-refractivity contribution in [1.29, 1.82) is 0 Å². The standard InChI is InChI=1S/C23H15F3N2O4/c1-13-5-2-3-8-18(13)28-21(30)17(20(29)27-22(28)31)12-16-9-10-19(32-16)14-6-4-7-15(11-14)23(24,25)26/h2-12H,1H3,(H,27,29,31)/b17-12+. The van der Waals surface area contributed by atoms with Crippen LogP contribution in [0.3, 0.4) is 0 Å². The van der Waals surface area contributed by atoms with Crippen LogP contribution in [-0.2, 0) is 15.8 Å². The maximum atomic E-state index is 13.0. The minimum absolute atomic E-state index is 0.0648. The van der Waals surface area contributed by atoms with E-state index in [-0.39, 0.29) is 22.7 Å². The molecule has 1 saturated heterocycles. The van der Waals surface area contributed by atoms with Gasteiger partial charge in [-0.1, -0.05) is 30.3 Å². The van der Waals surface area contributed by atoms with E-state index in [2.05, 4.69) is 5.32 Å². The molecular weight excluding hydrogens is 425 g/mol. The highest BCUT2D eigenvalue weighted by Gasteiger charge is 2.37. The molecule has 9 heteroatoms. The molecule has 2 heterocycles. The molecular formula is C23H15F3N2O4. The van der Waals surface area contributed by atoms with Crippen molar-refractivity contribution in [3.05, 3.63) is 83.1 Å². The number of imide groups is 2. The monoisotopic (exact) mass is 440 g/mol. The molecule has 162 valence electrons. The van der Waals surface area contributed by atoms with E-state index >= 15 is 0 Å². The zero-order valence-corrected chi connectivity index (χ0v) is 16.6. The van der Waals surface area contributed by atoms with Crippen molar-refractivity contribution >= 4 is 29.6 Å². The van der Waals surface area contributed by atoms with Crippen molar-refractivity contribution in [2.45, 2.75) is 13.1 Å². The van der Waals surface area contributed by atoms with Crippen LogP contribution in [0.25, 0.3) is 17.4 Å². The summed E-state index contributed by atoms with van der Waals surface area (Å²) in [4.78, 5) is 38.4. The number of carbonyl (C=O) groups is 3. The van der Waals surface area contributed by atoms with Gasteiger partial charge in [-0.3, -0.25) is 14.9 Å². The first-order valence-electron chi connectivity index (χ1n) is 9.40.